The van der Waals surface area contributed by atoms with E-state index in [0.717, 1.165) is 43.4 Å². The maximum atomic E-state index is 13.9. The number of carbonyl (C=O) groups is 1. The first-order valence-electron chi connectivity index (χ1n) is 10.6. The lowest BCUT2D eigenvalue weighted by molar-refractivity contribution is -0.124. The van der Waals surface area contributed by atoms with E-state index in [4.69, 9.17) is 21.7 Å². The predicted octanol–water partition coefficient (Wildman–Crippen LogP) is 4.94. The average molecular weight is 459 g/mol. The lowest BCUT2D eigenvalue weighted by Crippen LogP contribution is -2.41. The normalized spacial score (nSPS) is 18.2. The standard InChI is InChI=1S/C24H24F2N2O3S/c1-30-21-9-7-15(11-16(21)14-31-22-10-8-17(25)13-19(22)26)12-20-23(29)28(24(32)27-20)18-5-3-2-4-6-18/h7-13,18H,2-6,14H2,1H3,(H,27,32)/b20-12+. The number of hydrogen-bond acceptors (Lipinski definition) is 4. The second-order valence-corrected chi connectivity index (χ2v) is 8.28. The number of methoxy groups -OCH3 is 1. The minimum atomic E-state index is -0.778. The van der Waals surface area contributed by atoms with Gasteiger partial charge >= 0.3 is 0 Å². The smallest absolute Gasteiger partial charge is 0.276 e. The number of ether oxygens (including phenoxy) is 2. The van der Waals surface area contributed by atoms with Crippen molar-refractivity contribution in [3.05, 3.63) is 64.9 Å². The molecule has 0 radical (unpaired) electrons. The Bertz CT molecular complexity index is 1070. The summed E-state index contributed by atoms with van der Waals surface area (Å²) in [6.07, 6.45) is 7.06. The van der Waals surface area contributed by atoms with Gasteiger partial charge in [0.2, 0.25) is 0 Å². The summed E-state index contributed by atoms with van der Waals surface area (Å²) in [7, 11) is 1.53. The Kier molecular flexibility index (Phi) is 6.69. The van der Waals surface area contributed by atoms with Gasteiger partial charge in [0, 0.05) is 17.7 Å². The molecular weight excluding hydrogens is 434 g/mol. The number of hydrogen-bond donors (Lipinski definition) is 1. The minimum Gasteiger partial charge on any atom is -0.496 e. The number of halogens is 2. The lowest BCUT2D eigenvalue weighted by atomic mass is 9.94. The topological polar surface area (TPSA) is 50.8 Å². The molecule has 1 saturated heterocycles. The van der Waals surface area contributed by atoms with Gasteiger partial charge in [0.05, 0.1) is 7.11 Å². The van der Waals surface area contributed by atoms with Crippen molar-refractivity contribution in [2.45, 2.75) is 44.8 Å². The fourth-order valence-corrected chi connectivity index (χ4v) is 4.48. The highest BCUT2D eigenvalue weighted by Gasteiger charge is 2.36. The van der Waals surface area contributed by atoms with Crippen LogP contribution in [0.25, 0.3) is 6.08 Å². The summed E-state index contributed by atoms with van der Waals surface area (Å²) >= 11 is 5.43. The Morgan fingerprint density at radius 3 is 2.59 bits per heavy atom. The SMILES string of the molecule is COc1ccc(/C=C2/NC(=S)N(C3CCCCC3)C2=O)cc1COc1ccc(F)cc1F. The molecule has 1 saturated carbocycles. The number of rotatable bonds is 6. The van der Waals surface area contributed by atoms with Crippen LogP contribution in [0.15, 0.2) is 42.1 Å². The molecule has 2 aromatic carbocycles. The highest BCUT2D eigenvalue weighted by molar-refractivity contribution is 7.80. The molecule has 0 aromatic heterocycles. The van der Waals surface area contributed by atoms with E-state index >= 15 is 0 Å². The number of amides is 1. The molecule has 32 heavy (non-hydrogen) atoms. The van der Waals surface area contributed by atoms with E-state index in [-0.39, 0.29) is 24.3 Å². The molecule has 1 N–H and O–H groups in total. The van der Waals surface area contributed by atoms with Crippen molar-refractivity contribution in [2.75, 3.05) is 7.11 Å². The fourth-order valence-electron chi connectivity index (χ4n) is 4.14. The van der Waals surface area contributed by atoms with Crippen LogP contribution in [0.4, 0.5) is 8.78 Å². The Morgan fingerprint density at radius 1 is 1.12 bits per heavy atom. The molecule has 2 aliphatic rings. The molecule has 4 rings (SSSR count). The number of benzene rings is 2. The molecular formula is C24H24F2N2O3S. The van der Waals surface area contributed by atoms with Gasteiger partial charge in [0.25, 0.3) is 5.91 Å². The molecule has 1 aliphatic heterocycles. The summed E-state index contributed by atoms with van der Waals surface area (Å²) in [5.41, 5.74) is 1.82. The van der Waals surface area contributed by atoms with Crippen molar-refractivity contribution in [3.8, 4) is 11.5 Å². The van der Waals surface area contributed by atoms with Gasteiger partial charge in [-0.1, -0.05) is 25.3 Å². The van der Waals surface area contributed by atoms with Crippen molar-refractivity contribution in [1.82, 2.24) is 10.2 Å². The molecule has 0 unspecified atom stereocenters. The van der Waals surface area contributed by atoms with Gasteiger partial charge in [0.15, 0.2) is 16.7 Å². The van der Waals surface area contributed by atoms with Crippen LogP contribution >= 0.6 is 12.2 Å². The summed E-state index contributed by atoms with van der Waals surface area (Å²) in [5.74, 6) is -1.07. The van der Waals surface area contributed by atoms with Crippen LogP contribution in [-0.4, -0.2) is 29.1 Å². The maximum Gasteiger partial charge on any atom is 0.276 e. The number of nitrogens with one attached hydrogen (secondary N) is 1. The molecule has 1 aliphatic carbocycles. The Hall–Kier alpha value is -3.00. The van der Waals surface area contributed by atoms with E-state index in [2.05, 4.69) is 5.32 Å². The van der Waals surface area contributed by atoms with Crippen molar-refractivity contribution in [3.63, 3.8) is 0 Å². The number of thiocarbonyl (C=S) groups is 1. The van der Waals surface area contributed by atoms with Gasteiger partial charge in [-0.3, -0.25) is 9.69 Å². The van der Waals surface area contributed by atoms with E-state index in [9.17, 15) is 13.6 Å². The maximum absolute atomic E-state index is 13.9. The summed E-state index contributed by atoms with van der Waals surface area (Å²) in [4.78, 5) is 14.7. The van der Waals surface area contributed by atoms with Crippen molar-refractivity contribution >= 4 is 29.3 Å². The molecule has 0 spiro atoms. The third-order valence-corrected chi connectivity index (χ3v) is 6.04. The van der Waals surface area contributed by atoms with E-state index in [1.807, 2.05) is 6.07 Å². The van der Waals surface area contributed by atoms with Gasteiger partial charge in [-0.15, -0.1) is 0 Å². The fraction of sp³-hybridized carbons (Fsp3) is 0.333. The summed E-state index contributed by atoms with van der Waals surface area (Å²) in [6, 6.07) is 8.66. The van der Waals surface area contributed by atoms with Crippen molar-refractivity contribution < 1.29 is 23.0 Å². The largest absolute Gasteiger partial charge is 0.496 e. The van der Waals surface area contributed by atoms with E-state index in [0.29, 0.717) is 22.1 Å². The van der Waals surface area contributed by atoms with E-state index < -0.39 is 11.6 Å². The molecule has 2 fully saturated rings. The van der Waals surface area contributed by atoms with Crippen LogP contribution in [0.1, 0.15) is 43.2 Å². The third kappa shape index (κ3) is 4.75. The van der Waals surface area contributed by atoms with Crippen LogP contribution in [0.5, 0.6) is 11.5 Å². The molecule has 1 heterocycles. The second kappa shape index (κ2) is 9.65. The monoisotopic (exact) mass is 458 g/mol. The molecule has 168 valence electrons. The highest BCUT2D eigenvalue weighted by atomic mass is 32.1. The van der Waals surface area contributed by atoms with Gasteiger partial charge in [-0.25, -0.2) is 8.78 Å². The second-order valence-electron chi connectivity index (χ2n) is 7.89. The Labute approximate surface area is 191 Å². The Balaban J connectivity index is 1.53. The third-order valence-electron chi connectivity index (χ3n) is 5.74. The molecule has 1 amide bonds. The summed E-state index contributed by atoms with van der Waals surface area (Å²) in [6.45, 7) is 0.0106. The minimum absolute atomic E-state index is 0.0106. The van der Waals surface area contributed by atoms with Crippen LogP contribution in [0.2, 0.25) is 0 Å². The molecule has 0 atom stereocenters. The first kappa shape index (κ1) is 22.2. The zero-order valence-electron chi connectivity index (χ0n) is 17.7. The summed E-state index contributed by atoms with van der Waals surface area (Å²) in [5, 5.41) is 3.48. The van der Waals surface area contributed by atoms with Crippen molar-refractivity contribution in [1.29, 1.82) is 0 Å². The van der Waals surface area contributed by atoms with Gasteiger partial charge in [-0.2, -0.15) is 0 Å². The Morgan fingerprint density at radius 2 is 1.88 bits per heavy atom. The molecule has 5 nitrogen and oxygen atoms in total. The quantitative estimate of drug-likeness (QED) is 0.491. The van der Waals surface area contributed by atoms with Gasteiger partial charge < -0.3 is 14.8 Å². The summed E-state index contributed by atoms with van der Waals surface area (Å²) < 4.78 is 37.9. The van der Waals surface area contributed by atoms with Crippen LogP contribution in [0, 0.1) is 11.6 Å². The van der Waals surface area contributed by atoms with Gasteiger partial charge in [-0.05, 0) is 61.0 Å². The van der Waals surface area contributed by atoms with E-state index in [1.165, 1.54) is 19.6 Å². The zero-order chi connectivity index (χ0) is 22.7. The highest BCUT2D eigenvalue weighted by Crippen LogP contribution is 2.28. The zero-order valence-corrected chi connectivity index (χ0v) is 18.5. The lowest BCUT2D eigenvalue weighted by Gasteiger charge is -2.29. The van der Waals surface area contributed by atoms with Crippen LogP contribution < -0.4 is 14.8 Å². The number of carbonyl (C=O) groups excluding carboxylic acids is 1. The van der Waals surface area contributed by atoms with Gasteiger partial charge in [0.1, 0.15) is 23.9 Å². The predicted molar refractivity (Wildman–Crippen MR) is 121 cm³/mol. The first-order chi connectivity index (χ1) is 15.5. The molecule has 8 heteroatoms. The van der Waals surface area contributed by atoms with Crippen molar-refractivity contribution in [2.24, 2.45) is 0 Å². The molecule has 2 aromatic rings. The van der Waals surface area contributed by atoms with E-state index in [1.54, 1.807) is 23.1 Å². The molecule has 0 bridgehead atoms. The average Bonchev–Trinajstić information content (AvgIpc) is 3.06. The van der Waals surface area contributed by atoms with Crippen LogP contribution in [-0.2, 0) is 11.4 Å². The van der Waals surface area contributed by atoms with Crippen LogP contribution in [0.3, 0.4) is 0 Å². The number of nitrogens with zero attached hydrogens (tertiary/aromatic N) is 1. The first-order valence-corrected chi connectivity index (χ1v) is 11.0.